The minimum absolute atomic E-state index is 0.132. The van der Waals surface area contributed by atoms with Gasteiger partial charge in [0.15, 0.2) is 0 Å². The van der Waals surface area contributed by atoms with E-state index in [1.54, 1.807) is 26.0 Å². The first-order valence-electron chi connectivity index (χ1n) is 6.57. The van der Waals surface area contributed by atoms with Crippen LogP contribution in [0.2, 0.25) is 0 Å². The number of aliphatic carboxylic acids is 1. The van der Waals surface area contributed by atoms with Gasteiger partial charge in [0, 0.05) is 0 Å². The lowest BCUT2D eigenvalue weighted by molar-refractivity contribution is -0.139. The van der Waals surface area contributed by atoms with Crippen LogP contribution in [0.3, 0.4) is 0 Å². The van der Waals surface area contributed by atoms with Gasteiger partial charge in [-0.25, -0.2) is 5.09 Å². The summed E-state index contributed by atoms with van der Waals surface area (Å²) in [7, 11) is 0. The number of carboxylic acid groups (broad SMARTS) is 1. The molecule has 21 heavy (non-hydrogen) atoms. The lowest BCUT2D eigenvalue weighted by Crippen LogP contribution is -2.37. The van der Waals surface area contributed by atoms with E-state index in [0.717, 1.165) is 5.56 Å². The number of benzene rings is 1. The molecule has 0 aliphatic heterocycles. The van der Waals surface area contributed by atoms with Crippen LogP contribution in [0.5, 0.6) is 5.75 Å². The topological polar surface area (TPSA) is 88.0 Å². The third-order valence-electron chi connectivity index (χ3n) is 2.59. The van der Waals surface area contributed by atoms with Crippen LogP contribution in [0.25, 0.3) is 0 Å². The average Bonchev–Trinajstić information content (AvgIpc) is 2.41. The summed E-state index contributed by atoms with van der Waals surface area (Å²) < 4.78 is 10.8. The smallest absolute Gasteiger partial charge is 0.321 e. The van der Waals surface area contributed by atoms with Crippen LogP contribution in [-0.2, 0) is 32.1 Å². The minimum Gasteiger partial charge on any atom is -0.508 e. The van der Waals surface area contributed by atoms with Crippen molar-refractivity contribution in [1.29, 1.82) is 0 Å². The van der Waals surface area contributed by atoms with Gasteiger partial charge in [-0.1, -0.05) is 12.1 Å². The molecule has 0 amide bonds. The Hall–Kier alpha value is -0.980. The van der Waals surface area contributed by atoms with Crippen LogP contribution in [-0.4, -0.2) is 35.4 Å². The van der Waals surface area contributed by atoms with Gasteiger partial charge in [-0.15, -0.1) is 0 Å². The van der Waals surface area contributed by atoms with Crippen LogP contribution in [0.15, 0.2) is 24.3 Å². The largest absolute Gasteiger partial charge is 0.508 e. The SMILES string of the molecule is CCOP(=S)(N[C@@H](Cc1ccc(O)cc1)C(=O)O)OCC. The Kier molecular flexibility index (Phi) is 7.28. The summed E-state index contributed by atoms with van der Waals surface area (Å²) in [4.78, 5) is 11.4. The van der Waals surface area contributed by atoms with Crippen LogP contribution >= 0.6 is 6.64 Å². The van der Waals surface area contributed by atoms with E-state index in [1.807, 2.05) is 0 Å². The summed E-state index contributed by atoms with van der Waals surface area (Å²) in [5.41, 5.74) is 0.766. The summed E-state index contributed by atoms with van der Waals surface area (Å²) in [5.74, 6) is -0.899. The molecule has 1 aromatic rings. The second-order valence-corrected chi connectivity index (χ2v) is 7.44. The normalized spacial score (nSPS) is 13.0. The number of hydrogen-bond donors (Lipinski definition) is 3. The Balaban J connectivity index is 2.83. The van der Waals surface area contributed by atoms with Gasteiger partial charge in [-0.05, 0) is 49.8 Å². The van der Waals surface area contributed by atoms with E-state index in [0.29, 0.717) is 13.2 Å². The quantitative estimate of drug-likeness (QED) is 0.598. The van der Waals surface area contributed by atoms with Crippen molar-refractivity contribution in [2.24, 2.45) is 0 Å². The Morgan fingerprint density at radius 2 is 1.81 bits per heavy atom. The molecular weight excluding hydrogens is 313 g/mol. The molecule has 0 bridgehead atoms. The van der Waals surface area contributed by atoms with E-state index in [2.05, 4.69) is 5.09 Å². The minimum atomic E-state index is -2.82. The van der Waals surface area contributed by atoms with Gasteiger partial charge < -0.3 is 19.3 Å². The van der Waals surface area contributed by atoms with E-state index in [9.17, 15) is 15.0 Å². The molecule has 0 radical (unpaired) electrons. The van der Waals surface area contributed by atoms with Gasteiger partial charge in [0.25, 0.3) is 6.64 Å². The van der Waals surface area contributed by atoms with Crippen LogP contribution < -0.4 is 5.09 Å². The molecule has 1 aromatic carbocycles. The van der Waals surface area contributed by atoms with Gasteiger partial charge in [0.2, 0.25) is 0 Å². The Labute approximate surface area is 129 Å². The fraction of sp³-hybridized carbons (Fsp3) is 0.462. The van der Waals surface area contributed by atoms with Crippen molar-refractivity contribution in [2.45, 2.75) is 26.3 Å². The Morgan fingerprint density at radius 3 is 2.24 bits per heavy atom. The van der Waals surface area contributed by atoms with Crippen molar-refractivity contribution in [3.8, 4) is 5.75 Å². The van der Waals surface area contributed by atoms with E-state index < -0.39 is 18.7 Å². The van der Waals surface area contributed by atoms with Crippen molar-refractivity contribution in [3.05, 3.63) is 29.8 Å². The number of aromatic hydroxyl groups is 1. The number of hydrogen-bond acceptors (Lipinski definition) is 5. The highest BCUT2D eigenvalue weighted by molar-refractivity contribution is 8.09. The predicted octanol–water partition coefficient (Wildman–Crippen LogP) is 2.28. The summed E-state index contributed by atoms with van der Waals surface area (Å²) in [6, 6.07) is 5.43. The van der Waals surface area contributed by atoms with Gasteiger partial charge >= 0.3 is 5.97 Å². The fourth-order valence-electron chi connectivity index (χ4n) is 1.70. The Bertz CT molecular complexity index is 498. The van der Waals surface area contributed by atoms with E-state index in [4.69, 9.17) is 20.9 Å². The number of nitrogens with one attached hydrogen (secondary N) is 1. The molecule has 0 aliphatic carbocycles. The highest BCUT2D eigenvalue weighted by Crippen LogP contribution is 2.44. The average molecular weight is 333 g/mol. The van der Waals surface area contributed by atoms with Gasteiger partial charge in [-0.3, -0.25) is 4.79 Å². The number of carbonyl (C=O) groups is 1. The van der Waals surface area contributed by atoms with Crippen molar-refractivity contribution in [2.75, 3.05) is 13.2 Å². The van der Waals surface area contributed by atoms with E-state index in [-0.39, 0.29) is 12.2 Å². The summed E-state index contributed by atoms with van der Waals surface area (Å²) in [6.07, 6.45) is 0.216. The highest BCUT2D eigenvalue weighted by Gasteiger charge is 2.27. The molecule has 0 aliphatic rings. The van der Waals surface area contributed by atoms with Crippen LogP contribution in [0, 0.1) is 0 Å². The molecule has 118 valence electrons. The molecule has 3 N–H and O–H groups in total. The molecule has 0 spiro atoms. The van der Waals surface area contributed by atoms with Crippen LogP contribution in [0.4, 0.5) is 0 Å². The molecule has 0 saturated carbocycles. The van der Waals surface area contributed by atoms with Gasteiger partial charge in [0.1, 0.15) is 11.8 Å². The van der Waals surface area contributed by atoms with Crippen molar-refractivity contribution < 1.29 is 24.1 Å². The molecule has 0 saturated heterocycles. The first-order chi connectivity index (χ1) is 9.90. The monoisotopic (exact) mass is 333 g/mol. The lowest BCUT2D eigenvalue weighted by Gasteiger charge is -2.25. The highest BCUT2D eigenvalue weighted by atomic mass is 32.5. The molecule has 8 heteroatoms. The second kappa shape index (κ2) is 8.46. The van der Waals surface area contributed by atoms with Crippen molar-refractivity contribution in [1.82, 2.24) is 5.09 Å². The first kappa shape index (κ1) is 18.1. The zero-order valence-corrected chi connectivity index (χ0v) is 13.7. The van der Waals surface area contributed by atoms with E-state index in [1.165, 1.54) is 12.1 Å². The molecule has 0 fully saturated rings. The lowest BCUT2D eigenvalue weighted by atomic mass is 10.1. The third-order valence-corrected chi connectivity index (χ3v) is 5.36. The first-order valence-corrected chi connectivity index (χ1v) is 9.21. The van der Waals surface area contributed by atoms with Crippen LogP contribution in [0.1, 0.15) is 19.4 Å². The molecule has 1 rings (SSSR count). The predicted molar refractivity (Wildman–Crippen MR) is 83.9 cm³/mol. The Morgan fingerprint density at radius 1 is 1.29 bits per heavy atom. The number of phenols is 1. The van der Waals surface area contributed by atoms with E-state index >= 15 is 0 Å². The zero-order chi connectivity index (χ0) is 15.9. The fourth-order valence-corrected chi connectivity index (χ4v) is 4.20. The van der Waals surface area contributed by atoms with Crippen molar-refractivity contribution >= 4 is 24.4 Å². The third kappa shape index (κ3) is 6.11. The standard InChI is InChI=1S/C13H20NO5PS/c1-3-18-20(21,19-4-2)14-12(13(16)17)9-10-5-7-11(15)8-6-10/h5-8,12,15H,3-4,9H2,1-2H3,(H,14,21)(H,16,17)/t12-/m0/s1. The maximum Gasteiger partial charge on any atom is 0.321 e. The maximum absolute atomic E-state index is 11.4. The molecule has 6 nitrogen and oxygen atoms in total. The van der Waals surface area contributed by atoms with Gasteiger partial charge in [-0.2, -0.15) is 0 Å². The van der Waals surface area contributed by atoms with Crippen molar-refractivity contribution in [3.63, 3.8) is 0 Å². The number of rotatable bonds is 9. The second-order valence-electron chi connectivity index (χ2n) is 4.22. The molecular formula is C13H20NO5PS. The molecule has 0 aromatic heterocycles. The van der Waals surface area contributed by atoms with Gasteiger partial charge in [0.05, 0.1) is 13.2 Å². The zero-order valence-electron chi connectivity index (χ0n) is 12.0. The summed E-state index contributed by atoms with van der Waals surface area (Å²) in [5, 5.41) is 21.4. The molecule has 0 heterocycles. The summed E-state index contributed by atoms with van der Waals surface area (Å²) in [6.45, 7) is 1.41. The molecule has 1 atom stereocenters. The maximum atomic E-state index is 11.4. The molecule has 0 unspecified atom stereocenters. The number of carboxylic acids is 1. The number of phenolic OH excluding ortho intramolecular Hbond substituents is 1. The summed E-state index contributed by atoms with van der Waals surface area (Å²) >= 11 is 5.28.